The van der Waals surface area contributed by atoms with Crippen molar-refractivity contribution in [2.45, 2.75) is 31.8 Å². The second-order valence-corrected chi connectivity index (χ2v) is 7.39. The van der Waals surface area contributed by atoms with E-state index >= 15 is 0 Å². The number of benzene rings is 2. The molecular weight excluding hydrogens is 400 g/mol. The Bertz CT molecular complexity index is 969. The first kappa shape index (κ1) is 21.9. The number of nitrogens with one attached hydrogen (secondary N) is 2. The maximum absolute atomic E-state index is 13.3. The molecule has 30 heavy (non-hydrogen) atoms. The molecule has 1 fully saturated rings. The van der Waals surface area contributed by atoms with Crippen molar-refractivity contribution in [3.05, 3.63) is 78.1 Å². The SMILES string of the molecule is Cc1ccccc1Oc1ccccc1CNC(=O)C1(n2cccn2)CCNCC1.Cl. The third-order valence-corrected chi connectivity index (χ3v) is 5.52. The van der Waals surface area contributed by atoms with Crippen LogP contribution < -0.4 is 15.4 Å². The number of para-hydroxylation sites is 2. The van der Waals surface area contributed by atoms with Gasteiger partial charge in [0.25, 0.3) is 0 Å². The third kappa shape index (κ3) is 4.50. The number of amides is 1. The van der Waals surface area contributed by atoms with Crippen LogP contribution in [-0.4, -0.2) is 28.8 Å². The molecule has 2 N–H and O–H groups in total. The van der Waals surface area contributed by atoms with E-state index in [0.717, 1.165) is 35.7 Å². The van der Waals surface area contributed by atoms with E-state index in [1.807, 2.05) is 67.7 Å². The lowest BCUT2D eigenvalue weighted by Crippen LogP contribution is -2.54. The number of ether oxygens (including phenoxy) is 1. The number of piperidine rings is 1. The molecular formula is C23H27ClN4O2. The van der Waals surface area contributed by atoms with Gasteiger partial charge in [-0.2, -0.15) is 5.10 Å². The van der Waals surface area contributed by atoms with Crippen LogP contribution in [0.2, 0.25) is 0 Å². The summed E-state index contributed by atoms with van der Waals surface area (Å²) in [5.74, 6) is 1.56. The van der Waals surface area contributed by atoms with Crippen LogP contribution in [0.1, 0.15) is 24.0 Å². The largest absolute Gasteiger partial charge is 0.457 e. The average molecular weight is 427 g/mol. The molecule has 0 atom stereocenters. The zero-order valence-electron chi connectivity index (χ0n) is 17.0. The van der Waals surface area contributed by atoms with Crippen LogP contribution in [0.25, 0.3) is 0 Å². The first-order valence-corrected chi connectivity index (χ1v) is 10.00. The van der Waals surface area contributed by atoms with E-state index in [2.05, 4.69) is 15.7 Å². The van der Waals surface area contributed by atoms with E-state index in [1.54, 1.807) is 10.9 Å². The van der Waals surface area contributed by atoms with Crippen molar-refractivity contribution in [3.63, 3.8) is 0 Å². The molecule has 0 unspecified atom stereocenters. The molecule has 4 rings (SSSR count). The van der Waals surface area contributed by atoms with Gasteiger partial charge in [-0.05, 0) is 56.6 Å². The van der Waals surface area contributed by atoms with Crippen molar-refractivity contribution in [2.75, 3.05) is 13.1 Å². The molecule has 1 aliphatic rings. The Balaban J connectivity index is 0.00000256. The van der Waals surface area contributed by atoms with Crippen LogP contribution in [-0.2, 0) is 16.9 Å². The molecule has 7 heteroatoms. The minimum Gasteiger partial charge on any atom is -0.457 e. The van der Waals surface area contributed by atoms with Gasteiger partial charge in [0, 0.05) is 24.5 Å². The third-order valence-electron chi connectivity index (χ3n) is 5.52. The van der Waals surface area contributed by atoms with E-state index in [9.17, 15) is 4.79 Å². The first-order chi connectivity index (χ1) is 14.2. The molecule has 3 aromatic rings. The van der Waals surface area contributed by atoms with Gasteiger partial charge in [0.15, 0.2) is 0 Å². The van der Waals surface area contributed by atoms with Crippen LogP contribution in [0, 0.1) is 6.92 Å². The lowest BCUT2D eigenvalue weighted by atomic mass is 9.87. The van der Waals surface area contributed by atoms with Gasteiger partial charge in [-0.25, -0.2) is 0 Å². The number of carbonyl (C=O) groups is 1. The number of aromatic nitrogens is 2. The molecule has 1 saturated heterocycles. The molecule has 2 heterocycles. The lowest BCUT2D eigenvalue weighted by Gasteiger charge is -2.36. The topological polar surface area (TPSA) is 68.2 Å². The highest BCUT2D eigenvalue weighted by molar-refractivity contribution is 5.85. The summed E-state index contributed by atoms with van der Waals surface area (Å²) in [5.41, 5.74) is 1.35. The number of hydrogen-bond donors (Lipinski definition) is 2. The van der Waals surface area contributed by atoms with Gasteiger partial charge >= 0.3 is 0 Å². The minimum absolute atomic E-state index is 0. The Labute approximate surface area is 183 Å². The van der Waals surface area contributed by atoms with E-state index in [0.29, 0.717) is 19.4 Å². The van der Waals surface area contributed by atoms with Gasteiger partial charge in [0.2, 0.25) is 5.91 Å². The Morgan fingerprint density at radius 3 is 2.50 bits per heavy atom. The smallest absolute Gasteiger partial charge is 0.248 e. The maximum atomic E-state index is 13.3. The summed E-state index contributed by atoms with van der Waals surface area (Å²) in [6.45, 7) is 4.00. The number of rotatable bonds is 6. The summed E-state index contributed by atoms with van der Waals surface area (Å²) >= 11 is 0. The highest BCUT2D eigenvalue weighted by Gasteiger charge is 2.41. The van der Waals surface area contributed by atoms with Gasteiger partial charge in [0.1, 0.15) is 17.0 Å². The molecule has 6 nitrogen and oxygen atoms in total. The summed E-state index contributed by atoms with van der Waals surface area (Å²) in [6.07, 6.45) is 5.02. The fourth-order valence-electron chi connectivity index (χ4n) is 3.80. The fourth-order valence-corrected chi connectivity index (χ4v) is 3.80. The molecule has 158 valence electrons. The highest BCUT2D eigenvalue weighted by atomic mass is 35.5. The summed E-state index contributed by atoms with van der Waals surface area (Å²) in [6, 6.07) is 17.6. The predicted molar refractivity (Wildman–Crippen MR) is 119 cm³/mol. The molecule has 0 aliphatic carbocycles. The monoisotopic (exact) mass is 426 g/mol. The van der Waals surface area contributed by atoms with Crippen molar-refractivity contribution in [3.8, 4) is 11.5 Å². The second-order valence-electron chi connectivity index (χ2n) is 7.39. The molecule has 0 bridgehead atoms. The van der Waals surface area contributed by atoms with Crippen LogP contribution in [0.4, 0.5) is 0 Å². The molecule has 2 aromatic carbocycles. The molecule has 1 amide bonds. The van der Waals surface area contributed by atoms with Crippen LogP contribution in [0.15, 0.2) is 67.0 Å². The second kappa shape index (κ2) is 9.78. The van der Waals surface area contributed by atoms with Crippen LogP contribution in [0.3, 0.4) is 0 Å². The van der Waals surface area contributed by atoms with Crippen molar-refractivity contribution < 1.29 is 9.53 Å². The highest BCUT2D eigenvalue weighted by Crippen LogP contribution is 2.29. The summed E-state index contributed by atoms with van der Waals surface area (Å²) < 4.78 is 7.94. The number of halogens is 1. The van der Waals surface area contributed by atoms with Crippen molar-refractivity contribution >= 4 is 18.3 Å². The van der Waals surface area contributed by atoms with Crippen LogP contribution in [0.5, 0.6) is 11.5 Å². The van der Waals surface area contributed by atoms with Gasteiger partial charge in [-0.3, -0.25) is 9.48 Å². The maximum Gasteiger partial charge on any atom is 0.248 e. The van der Waals surface area contributed by atoms with Gasteiger partial charge < -0.3 is 15.4 Å². The Morgan fingerprint density at radius 1 is 1.10 bits per heavy atom. The summed E-state index contributed by atoms with van der Waals surface area (Å²) in [5, 5.41) is 10.8. The predicted octanol–water partition coefficient (Wildman–Crippen LogP) is 3.80. The van der Waals surface area contributed by atoms with Gasteiger partial charge in [-0.15, -0.1) is 12.4 Å². The van der Waals surface area contributed by atoms with E-state index in [4.69, 9.17) is 4.74 Å². The average Bonchev–Trinajstić information content (AvgIpc) is 3.30. The van der Waals surface area contributed by atoms with E-state index in [-0.39, 0.29) is 18.3 Å². The normalized spacial score (nSPS) is 15.1. The number of carbonyl (C=O) groups excluding carboxylic acids is 1. The summed E-state index contributed by atoms with van der Waals surface area (Å²) in [4.78, 5) is 13.3. The molecule has 0 spiro atoms. The van der Waals surface area contributed by atoms with Gasteiger partial charge in [-0.1, -0.05) is 36.4 Å². The number of hydrogen-bond acceptors (Lipinski definition) is 4. The fraction of sp³-hybridized carbons (Fsp3) is 0.304. The Kier molecular flexibility index (Phi) is 7.13. The molecule has 0 radical (unpaired) electrons. The first-order valence-electron chi connectivity index (χ1n) is 10.00. The molecule has 0 saturated carbocycles. The minimum atomic E-state index is -0.652. The van der Waals surface area contributed by atoms with Crippen molar-refractivity contribution in [2.24, 2.45) is 0 Å². The van der Waals surface area contributed by atoms with E-state index in [1.165, 1.54) is 0 Å². The number of aryl methyl sites for hydroxylation is 1. The Morgan fingerprint density at radius 2 is 1.80 bits per heavy atom. The quantitative estimate of drug-likeness (QED) is 0.629. The summed E-state index contributed by atoms with van der Waals surface area (Å²) in [7, 11) is 0. The van der Waals surface area contributed by atoms with Gasteiger partial charge in [0.05, 0.1) is 0 Å². The van der Waals surface area contributed by atoms with Crippen LogP contribution >= 0.6 is 12.4 Å². The van der Waals surface area contributed by atoms with E-state index < -0.39 is 5.54 Å². The Hall–Kier alpha value is -2.83. The number of nitrogens with zero attached hydrogens (tertiary/aromatic N) is 2. The zero-order chi connectivity index (χ0) is 20.1. The van der Waals surface area contributed by atoms with Crippen molar-refractivity contribution in [1.29, 1.82) is 0 Å². The zero-order valence-corrected chi connectivity index (χ0v) is 17.8. The lowest BCUT2D eigenvalue weighted by molar-refractivity contribution is -0.132. The molecule has 1 aliphatic heterocycles. The van der Waals surface area contributed by atoms with Crippen molar-refractivity contribution in [1.82, 2.24) is 20.4 Å². The standard InChI is InChI=1S/C23H26N4O2.ClH/c1-18-7-2-4-9-20(18)29-21-10-5-3-8-19(21)17-25-22(28)23(11-14-24-15-12-23)27-16-6-13-26-27;/h2-10,13,16,24H,11-12,14-15,17H2,1H3,(H,25,28);1H. The molecule has 1 aromatic heterocycles.